The summed E-state index contributed by atoms with van der Waals surface area (Å²) >= 11 is 0. The first-order valence-corrected chi connectivity index (χ1v) is 4.85. The summed E-state index contributed by atoms with van der Waals surface area (Å²) in [7, 11) is 2.00. The highest BCUT2D eigenvalue weighted by Crippen LogP contribution is 2.05. The van der Waals surface area contributed by atoms with Crippen LogP contribution in [0.3, 0.4) is 0 Å². The molecule has 0 aromatic carbocycles. The van der Waals surface area contributed by atoms with E-state index in [1.165, 1.54) is 6.42 Å². The number of nitrogens with one attached hydrogen (secondary N) is 1. The van der Waals surface area contributed by atoms with Gasteiger partial charge in [-0.25, -0.2) is 0 Å². The molecule has 0 rings (SSSR count). The smallest absolute Gasteiger partial charge is 0.0623 e. The zero-order chi connectivity index (χ0) is 9.56. The largest absolute Gasteiger partial charge is 0.377 e. The first-order valence-electron chi connectivity index (χ1n) is 4.85. The summed E-state index contributed by atoms with van der Waals surface area (Å²) in [6.07, 6.45) is 1.52. The van der Waals surface area contributed by atoms with E-state index in [9.17, 15) is 0 Å². The number of hydrogen-bond acceptors (Lipinski definition) is 2. The Balaban J connectivity index is 3.53. The summed E-state index contributed by atoms with van der Waals surface area (Å²) in [6, 6.07) is 0.507. The van der Waals surface area contributed by atoms with Crippen LogP contribution in [0.25, 0.3) is 0 Å². The van der Waals surface area contributed by atoms with Gasteiger partial charge in [0.1, 0.15) is 0 Å². The molecule has 2 nitrogen and oxygen atoms in total. The van der Waals surface area contributed by atoms with Crippen molar-refractivity contribution >= 4 is 0 Å². The molecular weight excluding hydrogens is 150 g/mol. The molecule has 0 aromatic rings. The molecule has 0 saturated carbocycles. The minimum absolute atomic E-state index is 0.341. The normalized spacial score (nSPS) is 14.2. The number of ether oxygens (including phenoxy) is 1. The first-order chi connectivity index (χ1) is 5.56. The summed E-state index contributed by atoms with van der Waals surface area (Å²) in [5, 5.41) is 3.26. The van der Waals surface area contributed by atoms with E-state index in [0.29, 0.717) is 12.1 Å². The van der Waals surface area contributed by atoms with Crippen LogP contribution in [0.1, 0.15) is 34.1 Å². The molecule has 0 aliphatic rings. The van der Waals surface area contributed by atoms with Gasteiger partial charge in [0.05, 0.1) is 12.7 Å². The predicted molar refractivity (Wildman–Crippen MR) is 53.4 cm³/mol. The van der Waals surface area contributed by atoms with Crippen molar-refractivity contribution in [3.63, 3.8) is 0 Å². The third-order valence-corrected chi connectivity index (χ3v) is 1.79. The molecule has 74 valence electrons. The maximum atomic E-state index is 5.53. The van der Waals surface area contributed by atoms with Crippen LogP contribution < -0.4 is 5.32 Å². The van der Waals surface area contributed by atoms with Gasteiger partial charge in [-0.15, -0.1) is 0 Å². The van der Waals surface area contributed by atoms with Gasteiger partial charge in [-0.05, 0) is 33.2 Å². The van der Waals surface area contributed by atoms with Crippen molar-refractivity contribution in [2.45, 2.75) is 46.3 Å². The molecule has 0 amide bonds. The average molecular weight is 173 g/mol. The lowest BCUT2D eigenvalue weighted by molar-refractivity contribution is 0.0586. The highest BCUT2D eigenvalue weighted by molar-refractivity contribution is 4.65. The second-order valence-corrected chi connectivity index (χ2v) is 4.00. The topological polar surface area (TPSA) is 21.3 Å². The summed E-state index contributed by atoms with van der Waals surface area (Å²) in [5.74, 6) is 0.734. The molecule has 0 aliphatic carbocycles. The second kappa shape index (κ2) is 6.44. The van der Waals surface area contributed by atoms with E-state index in [2.05, 4.69) is 33.0 Å². The number of hydrogen-bond donors (Lipinski definition) is 1. The number of rotatable bonds is 6. The molecule has 0 aromatic heterocycles. The monoisotopic (exact) mass is 173 g/mol. The molecule has 0 bridgehead atoms. The van der Waals surface area contributed by atoms with E-state index in [0.717, 1.165) is 12.5 Å². The van der Waals surface area contributed by atoms with Crippen LogP contribution in [-0.4, -0.2) is 25.8 Å². The van der Waals surface area contributed by atoms with E-state index in [4.69, 9.17) is 4.74 Å². The van der Waals surface area contributed by atoms with Gasteiger partial charge in [-0.1, -0.05) is 13.8 Å². The summed E-state index contributed by atoms with van der Waals surface area (Å²) in [4.78, 5) is 0. The van der Waals surface area contributed by atoms with E-state index in [1.54, 1.807) is 0 Å². The van der Waals surface area contributed by atoms with Crippen molar-refractivity contribution in [1.29, 1.82) is 0 Å². The number of likely N-dealkylation sites (N-methyl/N-ethyl adjacent to an activating group) is 1. The van der Waals surface area contributed by atoms with Crippen LogP contribution in [-0.2, 0) is 4.74 Å². The summed E-state index contributed by atoms with van der Waals surface area (Å²) in [5.41, 5.74) is 0. The Kier molecular flexibility index (Phi) is 6.39. The third-order valence-electron chi connectivity index (χ3n) is 1.79. The highest BCUT2D eigenvalue weighted by atomic mass is 16.5. The van der Waals surface area contributed by atoms with Gasteiger partial charge in [-0.2, -0.15) is 0 Å². The van der Waals surface area contributed by atoms with E-state index < -0.39 is 0 Å². The average Bonchev–Trinajstić information content (AvgIpc) is 1.97. The van der Waals surface area contributed by atoms with E-state index in [-0.39, 0.29) is 0 Å². The van der Waals surface area contributed by atoms with Crippen LogP contribution in [0.5, 0.6) is 0 Å². The predicted octanol–water partition coefficient (Wildman–Crippen LogP) is 2.05. The SMILES string of the molecule is CNC(COC(C)C)CC(C)C. The zero-order valence-corrected chi connectivity index (χ0v) is 9.05. The van der Waals surface area contributed by atoms with Gasteiger partial charge in [0.2, 0.25) is 0 Å². The Morgan fingerprint density at radius 2 is 1.75 bits per heavy atom. The van der Waals surface area contributed by atoms with Gasteiger partial charge >= 0.3 is 0 Å². The standard InChI is InChI=1S/C10H23NO/c1-8(2)6-10(11-5)7-12-9(3)4/h8-11H,6-7H2,1-5H3. The highest BCUT2D eigenvalue weighted by Gasteiger charge is 2.08. The van der Waals surface area contributed by atoms with Gasteiger partial charge in [0, 0.05) is 6.04 Å². The fourth-order valence-corrected chi connectivity index (χ4v) is 1.15. The van der Waals surface area contributed by atoms with Crippen LogP contribution in [0.15, 0.2) is 0 Å². The van der Waals surface area contributed by atoms with Crippen LogP contribution >= 0.6 is 0 Å². The third kappa shape index (κ3) is 6.62. The Labute approximate surface area is 76.7 Å². The van der Waals surface area contributed by atoms with Gasteiger partial charge in [-0.3, -0.25) is 0 Å². The van der Waals surface area contributed by atoms with Crippen LogP contribution in [0.2, 0.25) is 0 Å². The maximum Gasteiger partial charge on any atom is 0.0623 e. The Hall–Kier alpha value is -0.0800. The van der Waals surface area contributed by atoms with Gasteiger partial charge < -0.3 is 10.1 Å². The quantitative estimate of drug-likeness (QED) is 0.663. The van der Waals surface area contributed by atoms with Crippen molar-refractivity contribution in [3.8, 4) is 0 Å². The molecule has 0 spiro atoms. The van der Waals surface area contributed by atoms with Crippen molar-refractivity contribution < 1.29 is 4.74 Å². The van der Waals surface area contributed by atoms with Crippen molar-refractivity contribution in [1.82, 2.24) is 5.32 Å². The lowest BCUT2D eigenvalue weighted by atomic mass is 10.0. The van der Waals surface area contributed by atoms with E-state index in [1.807, 2.05) is 7.05 Å². The van der Waals surface area contributed by atoms with E-state index >= 15 is 0 Å². The van der Waals surface area contributed by atoms with Crippen molar-refractivity contribution in [2.24, 2.45) is 5.92 Å². The fourth-order valence-electron chi connectivity index (χ4n) is 1.15. The Morgan fingerprint density at radius 1 is 1.17 bits per heavy atom. The minimum atomic E-state index is 0.341. The molecule has 0 aliphatic heterocycles. The zero-order valence-electron chi connectivity index (χ0n) is 9.05. The molecule has 1 N–H and O–H groups in total. The Morgan fingerprint density at radius 3 is 2.08 bits per heavy atom. The Bertz CT molecular complexity index is 102. The lowest BCUT2D eigenvalue weighted by Crippen LogP contribution is -2.32. The maximum absolute atomic E-state index is 5.53. The van der Waals surface area contributed by atoms with Crippen LogP contribution in [0.4, 0.5) is 0 Å². The van der Waals surface area contributed by atoms with Gasteiger partial charge in [0.15, 0.2) is 0 Å². The van der Waals surface area contributed by atoms with Crippen LogP contribution in [0, 0.1) is 5.92 Å². The lowest BCUT2D eigenvalue weighted by Gasteiger charge is -2.19. The molecule has 0 radical (unpaired) electrons. The molecule has 12 heavy (non-hydrogen) atoms. The van der Waals surface area contributed by atoms with Crippen molar-refractivity contribution in [2.75, 3.05) is 13.7 Å². The molecule has 0 saturated heterocycles. The summed E-state index contributed by atoms with van der Waals surface area (Å²) < 4.78 is 5.53. The van der Waals surface area contributed by atoms with Gasteiger partial charge in [0.25, 0.3) is 0 Å². The van der Waals surface area contributed by atoms with Crippen molar-refractivity contribution in [3.05, 3.63) is 0 Å². The second-order valence-electron chi connectivity index (χ2n) is 4.00. The molecular formula is C10H23NO. The minimum Gasteiger partial charge on any atom is -0.377 e. The molecule has 1 unspecified atom stereocenters. The molecule has 0 fully saturated rings. The molecule has 1 atom stereocenters. The first kappa shape index (κ1) is 11.9. The molecule has 2 heteroatoms. The summed E-state index contributed by atoms with van der Waals surface area (Å²) in [6.45, 7) is 9.44. The molecule has 0 heterocycles. The fraction of sp³-hybridized carbons (Fsp3) is 1.00.